The lowest BCUT2D eigenvalue weighted by Crippen LogP contribution is -2.35. The molecule has 0 saturated carbocycles. The first-order valence-electron chi connectivity index (χ1n) is 9.38. The van der Waals surface area contributed by atoms with Crippen LogP contribution in [0.15, 0.2) is 58.5 Å². The second kappa shape index (κ2) is 7.16. The Morgan fingerprint density at radius 3 is 2.41 bits per heavy atom. The average Bonchev–Trinajstić information content (AvgIpc) is 3.04. The topological polar surface area (TPSA) is 69.2 Å². The molecule has 2 aliphatic rings. The molecule has 5 heteroatoms. The van der Waals surface area contributed by atoms with E-state index in [1.807, 2.05) is 25.1 Å². The van der Waals surface area contributed by atoms with E-state index >= 15 is 0 Å². The number of amidine groups is 1. The predicted molar refractivity (Wildman–Crippen MR) is 108 cm³/mol. The van der Waals surface area contributed by atoms with Gasteiger partial charge in [-0.2, -0.15) is 0 Å². The van der Waals surface area contributed by atoms with Gasteiger partial charge in [-0.1, -0.05) is 48.5 Å². The number of nitrogens with two attached hydrogens (primary N) is 1. The Hall–Kier alpha value is -2.66. The number of rotatable bonds is 4. The minimum Gasteiger partial charge on any atom is -0.496 e. The van der Waals surface area contributed by atoms with Crippen LogP contribution in [0.4, 0.5) is 0 Å². The maximum absolute atomic E-state index is 6.19. The van der Waals surface area contributed by atoms with Crippen LogP contribution in [0.3, 0.4) is 0 Å². The van der Waals surface area contributed by atoms with E-state index in [1.165, 1.54) is 0 Å². The van der Waals surface area contributed by atoms with Crippen molar-refractivity contribution in [2.24, 2.45) is 21.6 Å². The van der Waals surface area contributed by atoms with E-state index in [2.05, 4.69) is 30.3 Å². The van der Waals surface area contributed by atoms with Gasteiger partial charge in [0.2, 0.25) is 0 Å². The number of methoxy groups -OCH3 is 1. The van der Waals surface area contributed by atoms with E-state index in [0.717, 1.165) is 54.2 Å². The zero-order chi connectivity index (χ0) is 18.9. The molecule has 2 aromatic carbocycles. The van der Waals surface area contributed by atoms with Crippen LogP contribution in [0.5, 0.6) is 5.75 Å². The summed E-state index contributed by atoms with van der Waals surface area (Å²) in [6, 6.07) is 16.4. The molecular formula is C22H25N3O2. The van der Waals surface area contributed by atoms with Gasteiger partial charge in [0.25, 0.3) is 0 Å². The lowest BCUT2D eigenvalue weighted by molar-refractivity contribution is 0.0398. The lowest BCUT2D eigenvalue weighted by atomic mass is 9.80. The highest BCUT2D eigenvalue weighted by atomic mass is 16.5. The SMILES string of the molecule is COc1c(-c2ccccc2)cccc1C1(C2CCOCC2)N=C(C)C(N)=N1. The molecule has 2 aromatic rings. The number of ether oxygens (including phenoxy) is 2. The normalized spacial score (nSPS) is 23.0. The summed E-state index contributed by atoms with van der Waals surface area (Å²) in [4.78, 5) is 9.88. The smallest absolute Gasteiger partial charge is 0.184 e. The largest absolute Gasteiger partial charge is 0.496 e. The summed E-state index contributed by atoms with van der Waals surface area (Å²) in [7, 11) is 1.71. The Morgan fingerprint density at radius 2 is 1.78 bits per heavy atom. The molecule has 2 heterocycles. The highest BCUT2D eigenvalue weighted by Crippen LogP contribution is 2.49. The van der Waals surface area contributed by atoms with Crippen LogP contribution >= 0.6 is 0 Å². The minimum absolute atomic E-state index is 0.224. The number of hydrogen-bond acceptors (Lipinski definition) is 5. The van der Waals surface area contributed by atoms with Crippen molar-refractivity contribution in [2.75, 3.05) is 20.3 Å². The fourth-order valence-electron chi connectivity index (χ4n) is 4.12. The Kier molecular flexibility index (Phi) is 4.70. The Labute approximate surface area is 159 Å². The molecule has 0 aliphatic carbocycles. The zero-order valence-corrected chi connectivity index (χ0v) is 15.8. The van der Waals surface area contributed by atoms with E-state index in [-0.39, 0.29) is 5.92 Å². The van der Waals surface area contributed by atoms with E-state index < -0.39 is 5.66 Å². The number of benzene rings is 2. The molecule has 0 aromatic heterocycles. The summed E-state index contributed by atoms with van der Waals surface area (Å²) < 4.78 is 11.5. The van der Waals surface area contributed by atoms with Gasteiger partial charge in [-0.3, -0.25) is 4.99 Å². The molecule has 140 valence electrons. The second-order valence-electron chi connectivity index (χ2n) is 7.06. The fraction of sp³-hybridized carbons (Fsp3) is 0.364. The molecular weight excluding hydrogens is 338 g/mol. The maximum atomic E-state index is 6.19. The molecule has 0 radical (unpaired) electrons. The highest BCUT2D eigenvalue weighted by Gasteiger charge is 2.46. The molecule has 27 heavy (non-hydrogen) atoms. The Morgan fingerprint density at radius 1 is 1.04 bits per heavy atom. The first kappa shape index (κ1) is 17.7. The van der Waals surface area contributed by atoms with Crippen molar-refractivity contribution in [3.05, 3.63) is 54.1 Å². The Balaban J connectivity index is 1.92. The van der Waals surface area contributed by atoms with E-state index in [0.29, 0.717) is 5.84 Å². The van der Waals surface area contributed by atoms with Gasteiger partial charge >= 0.3 is 0 Å². The van der Waals surface area contributed by atoms with Crippen molar-refractivity contribution in [1.29, 1.82) is 0 Å². The highest BCUT2D eigenvalue weighted by molar-refractivity contribution is 6.41. The summed E-state index contributed by atoms with van der Waals surface area (Å²) in [5, 5.41) is 0. The molecule has 2 aliphatic heterocycles. The summed E-state index contributed by atoms with van der Waals surface area (Å²) in [6.45, 7) is 3.36. The molecule has 1 unspecified atom stereocenters. The van der Waals surface area contributed by atoms with E-state index in [1.54, 1.807) is 7.11 Å². The van der Waals surface area contributed by atoms with Gasteiger partial charge in [-0.25, -0.2) is 4.99 Å². The van der Waals surface area contributed by atoms with Crippen molar-refractivity contribution in [1.82, 2.24) is 0 Å². The molecule has 1 atom stereocenters. The summed E-state index contributed by atoms with van der Waals surface area (Å²) in [5.41, 5.74) is 9.34. The Bertz CT molecular complexity index is 866. The van der Waals surface area contributed by atoms with Crippen molar-refractivity contribution in [3.8, 4) is 16.9 Å². The third-order valence-corrected chi connectivity index (χ3v) is 5.49. The van der Waals surface area contributed by atoms with Crippen molar-refractivity contribution < 1.29 is 9.47 Å². The number of aliphatic imine (C=N–C) groups is 2. The lowest BCUT2D eigenvalue weighted by Gasteiger charge is -2.36. The van der Waals surface area contributed by atoms with Gasteiger partial charge in [-0.05, 0) is 25.3 Å². The molecule has 0 spiro atoms. The first-order valence-corrected chi connectivity index (χ1v) is 9.38. The predicted octanol–water partition coefficient (Wildman–Crippen LogP) is 3.77. The van der Waals surface area contributed by atoms with Crippen LogP contribution in [0.1, 0.15) is 25.3 Å². The van der Waals surface area contributed by atoms with Crippen molar-refractivity contribution in [2.45, 2.75) is 25.4 Å². The quantitative estimate of drug-likeness (QED) is 0.899. The van der Waals surface area contributed by atoms with Gasteiger partial charge in [0.05, 0.1) is 12.8 Å². The molecule has 1 fully saturated rings. The summed E-state index contributed by atoms with van der Waals surface area (Å²) in [5.74, 6) is 1.54. The monoisotopic (exact) mass is 363 g/mol. The van der Waals surface area contributed by atoms with Crippen LogP contribution in [-0.4, -0.2) is 31.9 Å². The molecule has 2 N–H and O–H groups in total. The van der Waals surface area contributed by atoms with Gasteiger partial charge in [0, 0.05) is 30.3 Å². The van der Waals surface area contributed by atoms with Crippen molar-refractivity contribution >= 4 is 11.5 Å². The standard InChI is InChI=1S/C22H25N3O2/c1-15-21(23)25-22(24-15,17-11-13-27-14-12-17)19-10-6-9-18(20(19)26-2)16-7-4-3-5-8-16/h3-10,17H,11-14H2,1-2H3,(H2,23,25). The summed E-state index contributed by atoms with van der Waals surface area (Å²) in [6.07, 6.45) is 1.79. The van der Waals surface area contributed by atoms with E-state index in [4.69, 9.17) is 25.2 Å². The maximum Gasteiger partial charge on any atom is 0.184 e. The van der Waals surface area contributed by atoms with Gasteiger partial charge < -0.3 is 15.2 Å². The number of para-hydroxylation sites is 1. The fourth-order valence-corrected chi connectivity index (χ4v) is 4.12. The van der Waals surface area contributed by atoms with Gasteiger partial charge in [0.15, 0.2) is 5.66 Å². The molecule has 4 rings (SSSR count). The second-order valence-corrected chi connectivity index (χ2v) is 7.06. The number of hydrogen-bond donors (Lipinski definition) is 1. The molecule has 5 nitrogen and oxygen atoms in total. The van der Waals surface area contributed by atoms with Crippen LogP contribution < -0.4 is 10.5 Å². The van der Waals surface area contributed by atoms with Crippen LogP contribution in [-0.2, 0) is 10.4 Å². The first-order chi connectivity index (χ1) is 13.2. The zero-order valence-electron chi connectivity index (χ0n) is 15.8. The molecule has 1 saturated heterocycles. The van der Waals surface area contributed by atoms with Crippen molar-refractivity contribution in [3.63, 3.8) is 0 Å². The average molecular weight is 363 g/mol. The third-order valence-electron chi connectivity index (χ3n) is 5.49. The van der Waals surface area contributed by atoms with Crippen LogP contribution in [0.25, 0.3) is 11.1 Å². The summed E-state index contributed by atoms with van der Waals surface area (Å²) >= 11 is 0. The van der Waals surface area contributed by atoms with Crippen LogP contribution in [0.2, 0.25) is 0 Å². The van der Waals surface area contributed by atoms with Gasteiger partial charge in [0.1, 0.15) is 11.6 Å². The van der Waals surface area contributed by atoms with Gasteiger partial charge in [-0.15, -0.1) is 0 Å². The number of nitrogens with zero attached hydrogens (tertiary/aromatic N) is 2. The van der Waals surface area contributed by atoms with Crippen LogP contribution in [0, 0.1) is 5.92 Å². The minimum atomic E-state index is -0.742. The third kappa shape index (κ3) is 3.02. The molecule has 0 bridgehead atoms. The molecule has 0 amide bonds. The van der Waals surface area contributed by atoms with E-state index in [9.17, 15) is 0 Å².